The van der Waals surface area contributed by atoms with Gasteiger partial charge in [-0.05, 0) is 68.5 Å². The van der Waals surface area contributed by atoms with Crippen molar-refractivity contribution >= 4 is 17.5 Å². The maximum Gasteiger partial charge on any atom is 0.416 e. The number of rotatable bonds is 6. The molecule has 0 bridgehead atoms. The first-order valence-corrected chi connectivity index (χ1v) is 12.0. The van der Waals surface area contributed by atoms with Gasteiger partial charge in [0.2, 0.25) is 5.91 Å². The maximum absolute atomic E-state index is 12.9. The third kappa shape index (κ3) is 5.78. The van der Waals surface area contributed by atoms with E-state index in [1.54, 1.807) is 0 Å². The van der Waals surface area contributed by atoms with E-state index in [0.29, 0.717) is 12.5 Å². The normalized spacial score (nSPS) is 21.1. The van der Waals surface area contributed by atoms with Crippen molar-refractivity contribution in [3.63, 3.8) is 0 Å². The molecule has 4 rings (SSSR count). The van der Waals surface area contributed by atoms with Crippen LogP contribution in [0.1, 0.15) is 40.7 Å². The minimum Gasteiger partial charge on any atom is -0.371 e. The van der Waals surface area contributed by atoms with Gasteiger partial charge in [0, 0.05) is 30.9 Å². The molecule has 2 saturated heterocycles. The highest BCUT2D eigenvalue weighted by Crippen LogP contribution is 2.35. The molecule has 2 aliphatic heterocycles. The van der Waals surface area contributed by atoms with Crippen molar-refractivity contribution in [2.75, 3.05) is 37.6 Å². The Hall–Kier alpha value is -3.07. The summed E-state index contributed by atoms with van der Waals surface area (Å²) >= 11 is 0. The Morgan fingerprint density at radius 3 is 2.51 bits per heavy atom. The molecule has 2 aliphatic rings. The van der Waals surface area contributed by atoms with Crippen molar-refractivity contribution in [2.45, 2.75) is 37.9 Å². The number of nitrogens with zero attached hydrogens (tertiary/aromatic N) is 1. The summed E-state index contributed by atoms with van der Waals surface area (Å²) in [4.78, 5) is 27.6. The predicted molar refractivity (Wildman–Crippen MR) is 128 cm³/mol. The van der Waals surface area contributed by atoms with E-state index >= 15 is 0 Å². The Balaban J connectivity index is 1.34. The van der Waals surface area contributed by atoms with Crippen molar-refractivity contribution in [1.82, 2.24) is 16.0 Å². The Morgan fingerprint density at radius 1 is 1.11 bits per heavy atom. The largest absolute Gasteiger partial charge is 0.416 e. The fraction of sp³-hybridized carbons (Fsp3) is 0.462. The topological polar surface area (TPSA) is 73.5 Å². The highest BCUT2D eigenvalue weighted by atomic mass is 19.4. The maximum atomic E-state index is 12.9. The SMILES string of the molecule is Cc1ccccc1N1CCC([C@]2(NC(=O)CNC(=O)c3cccc(C(F)(F)F)c3)CCNC2)CC1. The molecule has 0 aliphatic carbocycles. The first kappa shape index (κ1) is 25.0. The molecule has 0 spiro atoms. The van der Waals surface area contributed by atoms with Crippen molar-refractivity contribution in [3.05, 3.63) is 65.2 Å². The molecule has 9 heteroatoms. The molecule has 2 heterocycles. The molecular weight excluding hydrogens is 457 g/mol. The number of para-hydroxylation sites is 1. The summed E-state index contributed by atoms with van der Waals surface area (Å²) in [6.07, 6.45) is -1.86. The van der Waals surface area contributed by atoms with Gasteiger partial charge in [0.1, 0.15) is 0 Å². The summed E-state index contributed by atoms with van der Waals surface area (Å²) in [7, 11) is 0. The van der Waals surface area contributed by atoms with Crippen LogP contribution >= 0.6 is 0 Å². The van der Waals surface area contributed by atoms with Gasteiger partial charge in [-0.3, -0.25) is 9.59 Å². The minimum absolute atomic E-state index is 0.131. The van der Waals surface area contributed by atoms with Crippen LogP contribution < -0.4 is 20.9 Å². The quantitative estimate of drug-likeness (QED) is 0.582. The van der Waals surface area contributed by atoms with Gasteiger partial charge in [-0.2, -0.15) is 13.2 Å². The first-order valence-electron chi connectivity index (χ1n) is 12.0. The third-order valence-electron chi connectivity index (χ3n) is 7.17. The molecule has 2 aromatic rings. The van der Waals surface area contributed by atoms with Gasteiger partial charge in [0.05, 0.1) is 17.6 Å². The van der Waals surface area contributed by atoms with E-state index < -0.39 is 23.2 Å². The second-order valence-corrected chi connectivity index (χ2v) is 9.44. The number of anilines is 1. The number of nitrogens with one attached hydrogen (secondary N) is 3. The van der Waals surface area contributed by atoms with Crippen molar-refractivity contribution in [3.8, 4) is 0 Å². The van der Waals surface area contributed by atoms with E-state index in [4.69, 9.17) is 0 Å². The number of carbonyl (C=O) groups is 2. The fourth-order valence-corrected chi connectivity index (χ4v) is 5.28. The molecule has 1 atom stereocenters. The van der Waals surface area contributed by atoms with Gasteiger partial charge in [0.25, 0.3) is 5.91 Å². The van der Waals surface area contributed by atoms with Gasteiger partial charge in [-0.25, -0.2) is 0 Å². The van der Waals surface area contributed by atoms with Crippen LogP contribution in [0.5, 0.6) is 0 Å². The molecule has 2 fully saturated rings. The van der Waals surface area contributed by atoms with Gasteiger partial charge in [-0.1, -0.05) is 24.3 Å². The summed E-state index contributed by atoms with van der Waals surface area (Å²) < 4.78 is 38.8. The van der Waals surface area contributed by atoms with Crippen LogP contribution in [0.3, 0.4) is 0 Å². The lowest BCUT2D eigenvalue weighted by atomic mass is 9.76. The second kappa shape index (κ2) is 10.3. The van der Waals surface area contributed by atoms with Crippen molar-refractivity contribution in [2.24, 2.45) is 5.92 Å². The zero-order valence-corrected chi connectivity index (χ0v) is 19.8. The summed E-state index contributed by atoms with van der Waals surface area (Å²) in [5.41, 5.74) is 1.06. The van der Waals surface area contributed by atoms with E-state index in [2.05, 4.69) is 39.9 Å². The number of alkyl halides is 3. The molecule has 0 radical (unpaired) electrons. The number of halogens is 3. The van der Waals surface area contributed by atoms with Crippen LogP contribution in [0.15, 0.2) is 48.5 Å². The zero-order chi connectivity index (χ0) is 25.1. The van der Waals surface area contributed by atoms with Gasteiger partial charge in [0.15, 0.2) is 0 Å². The van der Waals surface area contributed by atoms with E-state index in [1.807, 2.05) is 12.1 Å². The van der Waals surface area contributed by atoms with E-state index in [0.717, 1.165) is 51.0 Å². The first-order chi connectivity index (χ1) is 16.7. The molecule has 0 unspecified atom stereocenters. The minimum atomic E-state index is -4.54. The highest BCUT2D eigenvalue weighted by molar-refractivity contribution is 5.96. The molecule has 0 saturated carbocycles. The monoisotopic (exact) mass is 488 g/mol. The van der Waals surface area contributed by atoms with Crippen molar-refractivity contribution < 1.29 is 22.8 Å². The van der Waals surface area contributed by atoms with Crippen LogP contribution in [-0.2, 0) is 11.0 Å². The Morgan fingerprint density at radius 2 is 1.86 bits per heavy atom. The molecule has 3 N–H and O–H groups in total. The van der Waals surface area contributed by atoms with Crippen LogP contribution in [-0.4, -0.2) is 50.1 Å². The highest BCUT2D eigenvalue weighted by Gasteiger charge is 2.43. The predicted octanol–water partition coefficient (Wildman–Crippen LogP) is 3.51. The van der Waals surface area contributed by atoms with Gasteiger partial charge < -0.3 is 20.9 Å². The van der Waals surface area contributed by atoms with Crippen LogP contribution in [0.25, 0.3) is 0 Å². The van der Waals surface area contributed by atoms with E-state index in [1.165, 1.54) is 23.4 Å². The fourth-order valence-electron chi connectivity index (χ4n) is 5.28. The van der Waals surface area contributed by atoms with Gasteiger partial charge in [-0.15, -0.1) is 0 Å². The van der Waals surface area contributed by atoms with E-state index in [9.17, 15) is 22.8 Å². The summed E-state index contributed by atoms with van der Waals surface area (Å²) in [5.74, 6) is -0.757. The van der Waals surface area contributed by atoms with Crippen LogP contribution in [0.4, 0.5) is 18.9 Å². The average Bonchev–Trinajstić information content (AvgIpc) is 3.32. The third-order valence-corrected chi connectivity index (χ3v) is 7.17. The molecule has 2 amide bonds. The molecule has 188 valence electrons. The zero-order valence-electron chi connectivity index (χ0n) is 19.8. The standard InChI is InChI=1S/C26H31F3N4O2/c1-18-5-2-3-8-22(18)33-13-9-20(10-14-33)25(11-12-30-17-25)32-23(34)16-31-24(35)19-6-4-7-21(15-19)26(27,28)29/h2-8,15,20,30H,9-14,16-17H2,1H3,(H,31,35)(H,32,34)/t25-/m0/s1. The lowest BCUT2D eigenvalue weighted by molar-refractivity contribution is -0.137. The number of benzene rings is 2. The van der Waals surface area contributed by atoms with Crippen LogP contribution in [0, 0.1) is 12.8 Å². The molecule has 6 nitrogen and oxygen atoms in total. The molecular formula is C26H31F3N4O2. The number of amides is 2. The summed E-state index contributed by atoms with van der Waals surface area (Å²) in [6, 6.07) is 12.5. The van der Waals surface area contributed by atoms with Crippen LogP contribution in [0.2, 0.25) is 0 Å². The average molecular weight is 489 g/mol. The van der Waals surface area contributed by atoms with Crippen molar-refractivity contribution in [1.29, 1.82) is 0 Å². The van der Waals surface area contributed by atoms with E-state index in [-0.39, 0.29) is 18.0 Å². The molecule has 35 heavy (non-hydrogen) atoms. The second-order valence-electron chi connectivity index (χ2n) is 9.44. The lowest BCUT2D eigenvalue weighted by Gasteiger charge is -2.43. The van der Waals surface area contributed by atoms with Gasteiger partial charge >= 0.3 is 6.18 Å². The number of hydrogen-bond acceptors (Lipinski definition) is 4. The number of aryl methyl sites for hydroxylation is 1. The smallest absolute Gasteiger partial charge is 0.371 e. The number of hydrogen-bond donors (Lipinski definition) is 3. The molecule has 2 aromatic carbocycles. The number of carbonyl (C=O) groups excluding carboxylic acids is 2. The number of piperidine rings is 1. The Kier molecular flexibility index (Phi) is 7.35. The summed E-state index contributed by atoms with van der Waals surface area (Å²) in [5, 5.41) is 8.97. The molecule has 0 aromatic heterocycles. The lowest BCUT2D eigenvalue weighted by Crippen LogP contribution is -2.59. The Labute approximate surface area is 203 Å². The summed E-state index contributed by atoms with van der Waals surface area (Å²) in [6.45, 7) is 5.08. The Bertz CT molecular complexity index is 1060.